The van der Waals surface area contributed by atoms with Crippen LogP contribution in [0, 0.1) is 0 Å². The predicted octanol–water partition coefficient (Wildman–Crippen LogP) is 3.94. The molecule has 0 aromatic heterocycles. The van der Waals surface area contributed by atoms with Gasteiger partial charge in [0.25, 0.3) is 0 Å². The second kappa shape index (κ2) is 4.79. The Morgan fingerprint density at radius 3 is 2.17 bits per heavy atom. The fourth-order valence-corrected chi connectivity index (χ4v) is 1.91. The number of nitrogens with two attached hydrogens (primary N) is 1. The van der Waals surface area contributed by atoms with Crippen molar-refractivity contribution in [3.63, 3.8) is 0 Å². The quantitative estimate of drug-likeness (QED) is 0.859. The molecule has 0 saturated carbocycles. The fraction of sp³-hybridized carbons (Fsp3) is 0.176. The lowest BCUT2D eigenvalue weighted by Crippen LogP contribution is -2.28. The first-order valence-corrected chi connectivity index (χ1v) is 6.12. The molecule has 2 aromatic carbocycles. The van der Waals surface area contributed by atoms with E-state index in [1.54, 1.807) is 0 Å². The summed E-state index contributed by atoms with van der Waals surface area (Å²) in [5, 5.41) is 0. The Hall–Kier alpha value is -1.86. The number of rotatable bonds is 3. The molecule has 0 unspecified atom stereocenters. The minimum Gasteiger partial charge on any atom is -0.322 e. The van der Waals surface area contributed by atoms with E-state index in [9.17, 15) is 0 Å². The smallest absolute Gasteiger partial charge is 0.0352 e. The summed E-state index contributed by atoms with van der Waals surface area (Å²) in [5.74, 6) is 0. The molecule has 0 aliphatic carbocycles. The third kappa shape index (κ3) is 2.69. The van der Waals surface area contributed by atoms with Crippen LogP contribution in [0.1, 0.15) is 30.5 Å². The zero-order chi connectivity index (χ0) is 13.2. The summed E-state index contributed by atoms with van der Waals surface area (Å²) < 4.78 is 0. The van der Waals surface area contributed by atoms with Gasteiger partial charge in [-0.25, -0.2) is 0 Å². The third-order valence-corrected chi connectivity index (χ3v) is 3.08. The Kier molecular flexibility index (Phi) is 3.35. The lowest BCUT2D eigenvalue weighted by molar-refractivity contribution is 0.554. The first-order chi connectivity index (χ1) is 8.48. The molecule has 18 heavy (non-hydrogen) atoms. The molecule has 0 atom stereocenters. The topological polar surface area (TPSA) is 26.0 Å². The Morgan fingerprint density at radius 1 is 0.944 bits per heavy atom. The first-order valence-electron chi connectivity index (χ1n) is 6.12. The van der Waals surface area contributed by atoms with Gasteiger partial charge >= 0.3 is 0 Å². The van der Waals surface area contributed by atoms with E-state index >= 15 is 0 Å². The van der Waals surface area contributed by atoms with Crippen molar-refractivity contribution in [1.82, 2.24) is 0 Å². The fourth-order valence-electron chi connectivity index (χ4n) is 1.91. The summed E-state index contributed by atoms with van der Waals surface area (Å²) >= 11 is 0. The number of hydrogen-bond donors (Lipinski definition) is 1. The van der Waals surface area contributed by atoms with Crippen molar-refractivity contribution in [1.29, 1.82) is 0 Å². The van der Waals surface area contributed by atoms with Crippen molar-refractivity contribution in [2.75, 3.05) is 0 Å². The van der Waals surface area contributed by atoms with Gasteiger partial charge in [-0.15, -0.1) is 0 Å². The molecule has 0 aliphatic rings. The summed E-state index contributed by atoms with van der Waals surface area (Å²) in [6.45, 7) is 8.20. The first kappa shape index (κ1) is 12.6. The van der Waals surface area contributed by atoms with Crippen molar-refractivity contribution in [3.8, 4) is 0 Å². The monoisotopic (exact) mass is 237 g/mol. The molecule has 0 aliphatic heterocycles. The summed E-state index contributed by atoms with van der Waals surface area (Å²) in [7, 11) is 0. The van der Waals surface area contributed by atoms with Crippen LogP contribution in [-0.4, -0.2) is 0 Å². The van der Waals surface area contributed by atoms with Crippen molar-refractivity contribution in [2.45, 2.75) is 19.4 Å². The van der Waals surface area contributed by atoms with Crippen molar-refractivity contribution >= 4 is 5.57 Å². The molecule has 0 fully saturated rings. The van der Waals surface area contributed by atoms with E-state index in [0.717, 1.165) is 22.3 Å². The second-order valence-corrected chi connectivity index (χ2v) is 5.15. The Morgan fingerprint density at radius 2 is 1.56 bits per heavy atom. The SMILES string of the molecule is C=C(c1ccccc1)c1cccc(C(C)(C)N)c1. The van der Waals surface area contributed by atoms with Gasteiger partial charge in [0.05, 0.1) is 0 Å². The lowest BCUT2D eigenvalue weighted by atomic mass is 9.91. The zero-order valence-corrected chi connectivity index (χ0v) is 11.0. The van der Waals surface area contributed by atoms with E-state index in [-0.39, 0.29) is 5.54 Å². The average molecular weight is 237 g/mol. The van der Waals surface area contributed by atoms with Crippen LogP contribution in [0.25, 0.3) is 5.57 Å². The predicted molar refractivity (Wildman–Crippen MR) is 78.2 cm³/mol. The molecule has 0 bridgehead atoms. The molecule has 2 aromatic rings. The number of hydrogen-bond acceptors (Lipinski definition) is 1. The van der Waals surface area contributed by atoms with E-state index < -0.39 is 0 Å². The van der Waals surface area contributed by atoms with Crippen LogP contribution < -0.4 is 5.73 Å². The van der Waals surface area contributed by atoms with Crippen LogP contribution in [0.4, 0.5) is 0 Å². The zero-order valence-electron chi connectivity index (χ0n) is 11.0. The maximum absolute atomic E-state index is 6.13. The Balaban J connectivity index is 2.38. The highest BCUT2D eigenvalue weighted by Crippen LogP contribution is 2.25. The van der Waals surface area contributed by atoms with Gasteiger partial charge in [-0.3, -0.25) is 0 Å². The number of benzene rings is 2. The molecule has 1 heteroatoms. The minimum atomic E-state index is -0.326. The van der Waals surface area contributed by atoms with Crippen molar-refractivity contribution in [3.05, 3.63) is 77.9 Å². The van der Waals surface area contributed by atoms with E-state index in [2.05, 4.69) is 36.9 Å². The Bertz CT molecular complexity index is 547. The van der Waals surface area contributed by atoms with Crippen LogP contribution in [0.15, 0.2) is 61.2 Å². The average Bonchev–Trinajstić information content (AvgIpc) is 2.38. The molecular weight excluding hydrogens is 218 g/mol. The van der Waals surface area contributed by atoms with Crippen LogP contribution >= 0.6 is 0 Å². The van der Waals surface area contributed by atoms with E-state index in [0.29, 0.717) is 0 Å². The van der Waals surface area contributed by atoms with E-state index in [4.69, 9.17) is 5.73 Å². The largest absolute Gasteiger partial charge is 0.322 e. The van der Waals surface area contributed by atoms with Crippen LogP contribution in [0.2, 0.25) is 0 Å². The van der Waals surface area contributed by atoms with E-state index in [1.165, 1.54) is 0 Å². The van der Waals surface area contributed by atoms with Gasteiger partial charge in [0.2, 0.25) is 0 Å². The van der Waals surface area contributed by atoms with Gasteiger partial charge < -0.3 is 5.73 Å². The molecule has 0 saturated heterocycles. The summed E-state index contributed by atoms with van der Waals surface area (Å²) in [6, 6.07) is 18.5. The molecule has 0 amide bonds. The third-order valence-electron chi connectivity index (χ3n) is 3.08. The van der Waals surface area contributed by atoms with Gasteiger partial charge in [-0.05, 0) is 42.2 Å². The Labute approximate surface area is 109 Å². The molecule has 2 N–H and O–H groups in total. The maximum atomic E-state index is 6.13. The summed E-state index contributed by atoms with van der Waals surface area (Å²) in [4.78, 5) is 0. The molecule has 1 nitrogen and oxygen atoms in total. The van der Waals surface area contributed by atoms with Crippen molar-refractivity contribution < 1.29 is 0 Å². The summed E-state index contributed by atoms with van der Waals surface area (Å²) in [5.41, 5.74) is 10.2. The van der Waals surface area contributed by atoms with Crippen molar-refractivity contribution in [2.24, 2.45) is 5.73 Å². The molecule has 2 rings (SSSR count). The molecular formula is C17H19N. The summed E-state index contributed by atoms with van der Waals surface area (Å²) in [6.07, 6.45) is 0. The van der Waals surface area contributed by atoms with Gasteiger partial charge in [0.1, 0.15) is 0 Å². The van der Waals surface area contributed by atoms with Crippen LogP contribution in [0.5, 0.6) is 0 Å². The van der Waals surface area contributed by atoms with Crippen LogP contribution in [0.3, 0.4) is 0 Å². The molecule has 0 heterocycles. The highest BCUT2D eigenvalue weighted by Gasteiger charge is 2.14. The lowest BCUT2D eigenvalue weighted by Gasteiger charge is -2.20. The molecule has 0 spiro atoms. The minimum absolute atomic E-state index is 0.326. The highest BCUT2D eigenvalue weighted by atomic mass is 14.7. The molecule has 92 valence electrons. The standard InChI is InChI=1S/C17H19N/c1-13(14-8-5-4-6-9-14)15-10-7-11-16(12-15)17(2,3)18/h4-12H,1,18H2,2-3H3. The normalized spacial score (nSPS) is 11.3. The van der Waals surface area contributed by atoms with E-state index in [1.807, 2.05) is 38.1 Å². The molecule has 0 radical (unpaired) electrons. The van der Waals surface area contributed by atoms with Gasteiger partial charge in [-0.2, -0.15) is 0 Å². The maximum Gasteiger partial charge on any atom is 0.0352 e. The highest BCUT2D eigenvalue weighted by molar-refractivity contribution is 5.78. The second-order valence-electron chi connectivity index (χ2n) is 5.15. The van der Waals surface area contributed by atoms with Crippen LogP contribution in [-0.2, 0) is 5.54 Å². The van der Waals surface area contributed by atoms with Gasteiger partial charge in [0.15, 0.2) is 0 Å². The van der Waals surface area contributed by atoms with Gasteiger partial charge in [0, 0.05) is 5.54 Å². The van der Waals surface area contributed by atoms with Gasteiger partial charge in [-0.1, -0.05) is 55.1 Å².